The molecule has 0 N–H and O–H groups in total. The summed E-state index contributed by atoms with van der Waals surface area (Å²) < 4.78 is 0. The number of hydrogen-bond donors (Lipinski definition) is 0. The molecule has 0 fully saturated rings. The molecule has 0 saturated carbocycles. The van der Waals surface area contributed by atoms with Crippen LogP contribution in [-0.4, -0.2) is 36.3 Å². The maximum Gasteiger partial charge on any atom is 0.101 e. The molecule has 18 heavy (non-hydrogen) atoms. The second-order valence-corrected chi connectivity index (χ2v) is 5.51. The molecule has 0 aliphatic heterocycles. The molecule has 4 heteroatoms. The Hall–Kier alpha value is -1.57. The molecule has 1 heterocycles. The summed E-state index contributed by atoms with van der Waals surface area (Å²) >= 11 is 1.83. The number of nitriles is 1. The van der Waals surface area contributed by atoms with Crippen LogP contribution in [0.1, 0.15) is 5.56 Å². The molecule has 1 aromatic heterocycles. The van der Waals surface area contributed by atoms with Gasteiger partial charge in [-0.25, -0.2) is 0 Å². The van der Waals surface area contributed by atoms with Crippen LogP contribution in [0.2, 0.25) is 0 Å². The zero-order valence-electron chi connectivity index (χ0n) is 10.6. The first-order valence-corrected chi connectivity index (χ1v) is 6.75. The van der Waals surface area contributed by atoms with Crippen LogP contribution < -0.4 is 0 Å². The normalized spacial score (nSPS) is 10.8. The first-order chi connectivity index (χ1) is 8.69. The lowest BCUT2D eigenvalue weighted by molar-refractivity contribution is 0.437. The summed E-state index contributed by atoms with van der Waals surface area (Å²) in [6.07, 6.45) is 1.62. The highest BCUT2D eigenvalue weighted by atomic mass is 32.2. The van der Waals surface area contributed by atoms with Gasteiger partial charge in [0.2, 0.25) is 0 Å². The first kappa shape index (κ1) is 12.9. The summed E-state index contributed by atoms with van der Waals surface area (Å²) in [6, 6.07) is 10.2. The highest BCUT2D eigenvalue weighted by Gasteiger charge is 2.00. The molecule has 0 amide bonds. The average Bonchev–Trinajstić information content (AvgIpc) is 2.37. The minimum Gasteiger partial charge on any atom is -0.309 e. The summed E-state index contributed by atoms with van der Waals surface area (Å²) in [5.74, 6) is 1.06. The highest BCUT2D eigenvalue weighted by molar-refractivity contribution is 7.99. The summed E-state index contributed by atoms with van der Waals surface area (Å²) in [5, 5.41) is 9.84. The van der Waals surface area contributed by atoms with Gasteiger partial charge >= 0.3 is 0 Å². The molecule has 1 aromatic carbocycles. The van der Waals surface area contributed by atoms with Crippen LogP contribution in [0.3, 0.4) is 0 Å². The topological polar surface area (TPSA) is 39.9 Å². The number of thioether (sulfide) groups is 1. The predicted octanol–water partition coefficient (Wildman–Crippen LogP) is 2.76. The van der Waals surface area contributed by atoms with Crippen LogP contribution in [0.5, 0.6) is 0 Å². The molecule has 92 valence electrons. The van der Waals surface area contributed by atoms with E-state index in [0.717, 1.165) is 23.2 Å². The monoisotopic (exact) mass is 257 g/mol. The van der Waals surface area contributed by atoms with E-state index in [1.54, 1.807) is 6.20 Å². The first-order valence-electron chi connectivity index (χ1n) is 5.76. The molecule has 0 aliphatic rings. The van der Waals surface area contributed by atoms with Crippen molar-refractivity contribution in [2.45, 2.75) is 4.90 Å². The number of fused-ring (bicyclic) bond motifs is 1. The van der Waals surface area contributed by atoms with Crippen molar-refractivity contribution >= 4 is 22.7 Å². The van der Waals surface area contributed by atoms with E-state index in [0.29, 0.717) is 5.56 Å². The lowest BCUT2D eigenvalue weighted by Gasteiger charge is -2.08. The quantitative estimate of drug-likeness (QED) is 0.790. The Labute approximate surface area is 111 Å². The Morgan fingerprint density at radius 1 is 1.33 bits per heavy atom. The van der Waals surface area contributed by atoms with Crippen molar-refractivity contribution in [1.82, 2.24) is 9.88 Å². The van der Waals surface area contributed by atoms with E-state index in [1.807, 2.05) is 23.9 Å². The molecular formula is C14H15N3S. The molecule has 3 nitrogen and oxygen atoms in total. The van der Waals surface area contributed by atoms with E-state index in [-0.39, 0.29) is 0 Å². The van der Waals surface area contributed by atoms with Crippen molar-refractivity contribution in [3.8, 4) is 6.07 Å². The highest BCUT2D eigenvalue weighted by Crippen LogP contribution is 2.22. The van der Waals surface area contributed by atoms with Gasteiger partial charge in [0.1, 0.15) is 6.07 Å². The largest absolute Gasteiger partial charge is 0.309 e. The van der Waals surface area contributed by atoms with Crippen LogP contribution >= 0.6 is 11.8 Å². The second kappa shape index (κ2) is 5.85. The lowest BCUT2D eigenvalue weighted by Crippen LogP contribution is -2.14. The molecule has 0 bridgehead atoms. The van der Waals surface area contributed by atoms with Gasteiger partial charge in [-0.3, -0.25) is 4.98 Å². The summed E-state index contributed by atoms with van der Waals surface area (Å²) in [7, 11) is 4.15. The molecule has 2 rings (SSSR count). The Morgan fingerprint density at radius 3 is 2.89 bits per heavy atom. The number of aromatic nitrogens is 1. The number of pyridine rings is 1. The maximum absolute atomic E-state index is 8.82. The van der Waals surface area contributed by atoms with Crippen molar-refractivity contribution < 1.29 is 0 Å². The van der Waals surface area contributed by atoms with Gasteiger partial charge in [0.15, 0.2) is 0 Å². The maximum atomic E-state index is 8.82. The Bertz CT molecular complexity index is 587. The van der Waals surface area contributed by atoms with Gasteiger partial charge in [-0.1, -0.05) is 6.07 Å². The van der Waals surface area contributed by atoms with E-state index in [2.05, 4.69) is 42.2 Å². The predicted molar refractivity (Wildman–Crippen MR) is 75.7 cm³/mol. The fourth-order valence-electron chi connectivity index (χ4n) is 1.60. The van der Waals surface area contributed by atoms with E-state index >= 15 is 0 Å². The van der Waals surface area contributed by atoms with Crippen molar-refractivity contribution in [2.24, 2.45) is 0 Å². The van der Waals surface area contributed by atoms with Gasteiger partial charge in [-0.2, -0.15) is 5.26 Å². The zero-order valence-corrected chi connectivity index (χ0v) is 11.4. The van der Waals surface area contributed by atoms with E-state index in [4.69, 9.17) is 5.26 Å². The van der Waals surface area contributed by atoms with Crippen LogP contribution in [0, 0.1) is 11.3 Å². The number of rotatable bonds is 4. The summed E-state index contributed by atoms with van der Waals surface area (Å²) in [4.78, 5) is 7.71. The van der Waals surface area contributed by atoms with E-state index in [9.17, 15) is 0 Å². The molecule has 2 aromatic rings. The van der Waals surface area contributed by atoms with Crippen LogP contribution in [-0.2, 0) is 0 Å². The minimum atomic E-state index is 0.607. The minimum absolute atomic E-state index is 0.607. The van der Waals surface area contributed by atoms with Gasteiger partial charge in [0, 0.05) is 28.8 Å². The molecule has 0 saturated heterocycles. The van der Waals surface area contributed by atoms with Gasteiger partial charge in [0.25, 0.3) is 0 Å². The molecule has 0 atom stereocenters. The summed E-state index contributed by atoms with van der Waals surface area (Å²) in [5.41, 5.74) is 1.55. The molecule has 0 spiro atoms. The number of nitrogens with zero attached hydrogens (tertiary/aromatic N) is 3. The molecule has 0 aliphatic carbocycles. The standard InChI is InChI=1S/C14H15N3S/c1-17(2)5-6-18-13-4-3-12-7-11(9-15)10-16-14(12)8-13/h3-4,7-8,10H,5-6H2,1-2H3. The van der Waals surface area contributed by atoms with Gasteiger partial charge in [-0.05, 0) is 32.3 Å². The number of benzene rings is 1. The Balaban J connectivity index is 2.15. The summed E-state index contributed by atoms with van der Waals surface area (Å²) in [6.45, 7) is 1.06. The molecule has 0 unspecified atom stereocenters. The van der Waals surface area contributed by atoms with E-state index in [1.165, 1.54) is 4.90 Å². The third-order valence-electron chi connectivity index (χ3n) is 2.59. The fourth-order valence-corrected chi connectivity index (χ4v) is 2.65. The molecular weight excluding hydrogens is 242 g/mol. The fraction of sp³-hybridized carbons (Fsp3) is 0.286. The van der Waals surface area contributed by atoms with Gasteiger partial charge < -0.3 is 4.90 Å². The van der Waals surface area contributed by atoms with E-state index < -0.39 is 0 Å². The van der Waals surface area contributed by atoms with Gasteiger partial charge in [-0.15, -0.1) is 11.8 Å². The van der Waals surface area contributed by atoms with Crippen LogP contribution in [0.4, 0.5) is 0 Å². The third-order valence-corrected chi connectivity index (χ3v) is 3.57. The van der Waals surface area contributed by atoms with Crippen molar-refractivity contribution in [2.75, 3.05) is 26.4 Å². The lowest BCUT2D eigenvalue weighted by atomic mass is 10.2. The van der Waals surface area contributed by atoms with Crippen molar-refractivity contribution in [1.29, 1.82) is 5.26 Å². The van der Waals surface area contributed by atoms with Crippen LogP contribution in [0.15, 0.2) is 35.4 Å². The van der Waals surface area contributed by atoms with Crippen molar-refractivity contribution in [3.63, 3.8) is 0 Å². The third kappa shape index (κ3) is 3.22. The van der Waals surface area contributed by atoms with Crippen molar-refractivity contribution in [3.05, 3.63) is 36.0 Å². The van der Waals surface area contributed by atoms with Gasteiger partial charge in [0.05, 0.1) is 11.1 Å². The smallest absolute Gasteiger partial charge is 0.101 e. The molecule has 0 radical (unpaired) electrons. The SMILES string of the molecule is CN(C)CCSc1ccc2cc(C#N)cnc2c1. The second-order valence-electron chi connectivity index (χ2n) is 4.34. The van der Waals surface area contributed by atoms with Crippen LogP contribution in [0.25, 0.3) is 10.9 Å². The Morgan fingerprint density at radius 2 is 2.17 bits per heavy atom. The number of hydrogen-bond acceptors (Lipinski definition) is 4. The Kier molecular flexibility index (Phi) is 4.19. The zero-order chi connectivity index (χ0) is 13.0. The average molecular weight is 257 g/mol.